The fourth-order valence-electron chi connectivity index (χ4n) is 4.50. The first-order valence-corrected chi connectivity index (χ1v) is 15.5. The molecule has 3 rings (SSSR count). The number of ether oxygens (including phenoxy) is 2. The van der Waals surface area contributed by atoms with Gasteiger partial charge in [0.25, 0.3) is 0 Å². The van der Waals surface area contributed by atoms with E-state index in [1.54, 1.807) is 20.8 Å². The van der Waals surface area contributed by atoms with E-state index in [4.69, 9.17) is 14.5 Å². The zero-order valence-corrected chi connectivity index (χ0v) is 27.1. The van der Waals surface area contributed by atoms with Gasteiger partial charge in [-0.15, -0.1) is 11.8 Å². The lowest BCUT2D eigenvalue weighted by molar-refractivity contribution is -0.154. The van der Waals surface area contributed by atoms with Crippen LogP contribution in [0.15, 0.2) is 29.3 Å². The lowest BCUT2D eigenvalue weighted by Gasteiger charge is -2.40. The first-order valence-electron chi connectivity index (χ1n) is 14.5. The van der Waals surface area contributed by atoms with Crippen LogP contribution >= 0.6 is 11.8 Å². The van der Waals surface area contributed by atoms with Gasteiger partial charge in [-0.25, -0.2) is 14.6 Å². The monoisotopic (exact) mass is 620 g/mol. The maximum Gasteiger partial charge on any atom is 0.408 e. The minimum absolute atomic E-state index is 0.0928. The van der Waals surface area contributed by atoms with Gasteiger partial charge >= 0.3 is 12.1 Å². The summed E-state index contributed by atoms with van der Waals surface area (Å²) >= 11 is 1.41. The number of carbonyl (C=O) groups is 3. The number of nitrogens with zero attached hydrogens (tertiary/aromatic N) is 4. The van der Waals surface area contributed by atoms with E-state index >= 15 is 0 Å². The fourth-order valence-corrected chi connectivity index (χ4v) is 5.46. The van der Waals surface area contributed by atoms with Crippen LogP contribution in [-0.2, 0) is 37.8 Å². The van der Waals surface area contributed by atoms with Gasteiger partial charge in [-0.05, 0) is 49.8 Å². The van der Waals surface area contributed by atoms with E-state index in [1.165, 1.54) is 18.7 Å². The minimum atomic E-state index is -0.879. The molecular formula is C32H40N6O5S. The molecule has 2 heterocycles. The lowest BCUT2D eigenvalue weighted by atomic mass is 10.0. The Labute approximate surface area is 263 Å². The summed E-state index contributed by atoms with van der Waals surface area (Å²) in [7, 11) is 0. The number of pyridine rings is 1. The number of benzene rings is 1. The standard InChI is InChI=1S/C32H40N6O5S/c1-8-24-25(13-33)28(37-29(26(24)14-34)44-18-22-11-9-21(10-12-22)15-35-20(4)39)38-16-23(17-38)42-30(40)27(19(2)3)36-31(41)43-32(5,6)7/h9-12,19,23,27H,8,15-18H2,1-7H3,(H,35,39)(H,36,41)/t27-/m0/s1. The zero-order chi connectivity index (χ0) is 32.6. The average molecular weight is 621 g/mol. The second kappa shape index (κ2) is 14.9. The quantitative estimate of drug-likeness (QED) is 0.269. The Kier molecular flexibility index (Phi) is 11.6. The van der Waals surface area contributed by atoms with Crippen molar-refractivity contribution >= 4 is 35.5 Å². The molecule has 1 saturated heterocycles. The van der Waals surface area contributed by atoms with Crippen LogP contribution in [0.4, 0.5) is 10.6 Å². The number of hydrogen-bond acceptors (Lipinski definition) is 10. The number of thioether (sulfide) groups is 1. The van der Waals surface area contributed by atoms with Gasteiger partial charge < -0.3 is 25.0 Å². The normalized spacial score (nSPS) is 13.7. The van der Waals surface area contributed by atoms with Crippen LogP contribution in [0, 0.1) is 28.6 Å². The number of nitriles is 2. The second-order valence-corrected chi connectivity index (χ2v) is 12.9. The highest BCUT2D eigenvalue weighted by molar-refractivity contribution is 7.98. The Morgan fingerprint density at radius 3 is 2.23 bits per heavy atom. The molecule has 1 aliphatic rings. The molecular weight excluding hydrogens is 580 g/mol. The number of esters is 1. The van der Waals surface area contributed by atoms with E-state index < -0.39 is 29.8 Å². The van der Waals surface area contributed by atoms with Crippen molar-refractivity contribution in [3.8, 4) is 12.1 Å². The number of hydrogen-bond donors (Lipinski definition) is 2. The first-order chi connectivity index (χ1) is 20.8. The predicted molar refractivity (Wildman–Crippen MR) is 167 cm³/mol. The van der Waals surface area contributed by atoms with E-state index in [9.17, 15) is 24.9 Å². The first kappa shape index (κ1) is 34.2. The summed E-state index contributed by atoms with van der Waals surface area (Å²) in [6.07, 6.45) is -0.669. The third kappa shape index (κ3) is 9.10. The molecule has 1 aromatic heterocycles. The highest BCUT2D eigenvalue weighted by atomic mass is 32.2. The Morgan fingerprint density at radius 1 is 1.09 bits per heavy atom. The molecule has 0 spiro atoms. The molecule has 11 nitrogen and oxygen atoms in total. The van der Waals surface area contributed by atoms with Crippen LogP contribution in [0.2, 0.25) is 0 Å². The molecule has 0 radical (unpaired) electrons. The molecule has 2 aromatic rings. The number of amides is 2. The minimum Gasteiger partial charge on any atom is -0.457 e. The molecule has 12 heteroatoms. The largest absolute Gasteiger partial charge is 0.457 e. The maximum absolute atomic E-state index is 13.0. The third-order valence-corrected chi connectivity index (χ3v) is 7.84. The number of anilines is 1. The molecule has 1 fully saturated rings. The van der Waals surface area contributed by atoms with Gasteiger partial charge in [0.1, 0.15) is 40.7 Å². The molecule has 1 aliphatic heterocycles. The van der Waals surface area contributed by atoms with Crippen molar-refractivity contribution in [2.45, 2.75) is 90.0 Å². The highest BCUT2D eigenvalue weighted by Crippen LogP contribution is 2.35. The Bertz CT molecular complexity index is 1450. The summed E-state index contributed by atoms with van der Waals surface area (Å²) < 4.78 is 11.0. The second-order valence-electron chi connectivity index (χ2n) is 11.9. The molecule has 2 N–H and O–H groups in total. The van der Waals surface area contributed by atoms with Crippen LogP contribution < -0.4 is 15.5 Å². The average Bonchev–Trinajstić information content (AvgIpc) is 2.93. The van der Waals surface area contributed by atoms with E-state index in [2.05, 4.69) is 22.8 Å². The number of rotatable bonds is 11. The summed E-state index contributed by atoms with van der Waals surface area (Å²) in [6.45, 7) is 13.3. The topological polar surface area (TPSA) is 157 Å². The van der Waals surface area contributed by atoms with Gasteiger partial charge in [0.15, 0.2) is 0 Å². The van der Waals surface area contributed by atoms with Crippen molar-refractivity contribution in [3.05, 3.63) is 52.1 Å². The molecule has 0 aliphatic carbocycles. The fraction of sp³-hybridized carbons (Fsp3) is 0.500. The highest BCUT2D eigenvalue weighted by Gasteiger charge is 2.37. The van der Waals surface area contributed by atoms with Crippen LogP contribution in [0.25, 0.3) is 0 Å². The van der Waals surface area contributed by atoms with Crippen molar-refractivity contribution in [1.82, 2.24) is 15.6 Å². The van der Waals surface area contributed by atoms with Gasteiger partial charge in [0.2, 0.25) is 5.91 Å². The molecule has 1 aromatic carbocycles. The van der Waals surface area contributed by atoms with Crippen molar-refractivity contribution in [2.24, 2.45) is 5.92 Å². The van der Waals surface area contributed by atoms with E-state index in [0.29, 0.717) is 59.3 Å². The molecule has 1 atom stereocenters. The van der Waals surface area contributed by atoms with Crippen molar-refractivity contribution in [2.75, 3.05) is 18.0 Å². The smallest absolute Gasteiger partial charge is 0.408 e. The Morgan fingerprint density at radius 2 is 1.70 bits per heavy atom. The van der Waals surface area contributed by atoms with Crippen LogP contribution in [0.5, 0.6) is 0 Å². The predicted octanol–water partition coefficient (Wildman–Crippen LogP) is 4.60. The van der Waals surface area contributed by atoms with Gasteiger partial charge in [0, 0.05) is 19.2 Å². The SMILES string of the molecule is CCc1c(C#N)c(SCc2ccc(CNC(C)=O)cc2)nc(N2CC(OC(=O)[C@@H](NC(=O)OC(C)(C)C)C(C)C)C2)c1C#N. The molecule has 234 valence electrons. The summed E-state index contributed by atoms with van der Waals surface area (Å²) in [4.78, 5) is 43.0. The lowest BCUT2D eigenvalue weighted by Crippen LogP contribution is -2.56. The number of carbonyl (C=O) groups excluding carboxylic acids is 3. The van der Waals surface area contributed by atoms with Crippen LogP contribution in [0.1, 0.15) is 76.3 Å². The van der Waals surface area contributed by atoms with Crippen molar-refractivity contribution in [1.29, 1.82) is 10.5 Å². The van der Waals surface area contributed by atoms with Gasteiger partial charge in [-0.2, -0.15) is 10.5 Å². The van der Waals surface area contributed by atoms with Crippen molar-refractivity contribution in [3.63, 3.8) is 0 Å². The van der Waals surface area contributed by atoms with Crippen LogP contribution in [0.3, 0.4) is 0 Å². The molecule has 0 unspecified atom stereocenters. The number of nitrogens with one attached hydrogen (secondary N) is 2. The van der Waals surface area contributed by atoms with E-state index in [1.807, 2.05) is 49.9 Å². The molecule has 0 bridgehead atoms. The summed E-state index contributed by atoms with van der Waals surface area (Å²) in [5.41, 5.74) is 2.65. The van der Waals surface area contributed by atoms with Crippen LogP contribution in [-0.4, -0.2) is 53.8 Å². The number of alkyl carbamates (subject to hydrolysis) is 1. The zero-order valence-electron chi connectivity index (χ0n) is 26.3. The number of aromatic nitrogens is 1. The molecule has 44 heavy (non-hydrogen) atoms. The van der Waals surface area contributed by atoms with E-state index in [-0.39, 0.29) is 11.8 Å². The summed E-state index contributed by atoms with van der Waals surface area (Å²) in [6, 6.07) is 11.4. The van der Waals surface area contributed by atoms with Gasteiger partial charge in [-0.1, -0.05) is 45.0 Å². The van der Waals surface area contributed by atoms with Gasteiger partial charge in [-0.3, -0.25) is 4.79 Å². The summed E-state index contributed by atoms with van der Waals surface area (Å²) in [5, 5.41) is 25.9. The third-order valence-electron chi connectivity index (χ3n) is 6.79. The summed E-state index contributed by atoms with van der Waals surface area (Å²) in [5.74, 6) is 0.132. The molecule has 2 amide bonds. The molecule has 0 saturated carbocycles. The Balaban J connectivity index is 1.72. The Hall–Kier alpha value is -4.29. The van der Waals surface area contributed by atoms with Gasteiger partial charge in [0.05, 0.1) is 24.2 Å². The van der Waals surface area contributed by atoms with Crippen molar-refractivity contribution < 1.29 is 23.9 Å². The van der Waals surface area contributed by atoms with E-state index in [0.717, 1.165) is 11.1 Å². The maximum atomic E-state index is 13.0.